The van der Waals surface area contributed by atoms with E-state index in [1.54, 1.807) is 36.5 Å². The number of imidazole rings is 1. The Hall–Kier alpha value is -3.00. The lowest BCUT2D eigenvalue weighted by Crippen LogP contribution is -2.36. The van der Waals surface area contributed by atoms with Crippen molar-refractivity contribution in [3.8, 4) is 23.0 Å². The van der Waals surface area contributed by atoms with Crippen LogP contribution in [0.3, 0.4) is 0 Å². The van der Waals surface area contributed by atoms with Crippen molar-refractivity contribution >= 4 is 23.3 Å². The molecular weight excluding hydrogens is 420 g/mol. The molecule has 0 saturated carbocycles. The van der Waals surface area contributed by atoms with Gasteiger partial charge in [0, 0.05) is 31.3 Å². The molecule has 1 aliphatic rings. The van der Waals surface area contributed by atoms with Crippen LogP contribution in [0.5, 0.6) is 11.6 Å². The van der Waals surface area contributed by atoms with E-state index in [9.17, 15) is 4.79 Å². The summed E-state index contributed by atoms with van der Waals surface area (Å²) in [6.07, 6.45) is 3.74. The normalized spacial score (nSPS) is 16.5. The van der Waals surface area contributed by atoms with Crippen LogP contribution in [0, 0.1) is 0 Å². The highest BCUT2D eigenvalue weighted by Crippen LogP contribution is 2.29. The van der Waals surface area contributed by atoms with Gasteiger partial charge in [0.15, 0.2) is 0 Å². The molecule has 0 aliphatic carbocycles. The highest BCUT2D eigenvalue weighted by Gasteiger charge is 2.31. The van der Waals surface area contributed by atoms with Crippen molar-refractivity contribution in [2.45, 2.75) is 38.9 Å². The molecule has 31 heavy (non-hydrogen) atoms. The maximum absolute atomic E-state index is 12.3. The molecule has 8 nitrogen and oxygen atoms in total. The highest BCUT2D eigenvalue weighted by molar-refractivity contribution is 6.32. The quantitative estimate of drug-likeness (QED) is 0.591. The van der Waals surface area contributed by atoms with Gasteiger partial charge in [-0.3, -0.25) is 4.40 Å². The number of hydrogen-bond acceptors (Lipinski definition) is 6. The highest BCUT2D eigenvalue weighted by atomic mass is 35.5. The Kier molecular flexibility index (Phi) is 5.66. The van der Waals surface area contributed by atoms with Gasteiger partial charge in [-0.25, -0.2) is 14.8 Å². The van der Waals surface area contributed by atoms with E-state index in [0.717, 1.165) is 12.1 Å². The monoisotopic (exact) mass is 444 g/mol. The number of methoxy groups -OCH3 is 1. The molecule has 0 bridgehead atoms. The summed E-state index contributed by atoms with van der Waals surface area (Å²) < 4.78 is 18.6. The van der Waals surface area contributed by atoms with Crippen LogP contribution in [0.25, 0.3) is 17.0 Å². The number of fused-ring (bicyclic) bond motifs is 1. The molecule has 9 heteroatoms. The summed E-state index contributed by atoms with van der Waals surface area (Å²) in [5, 5.41) is 0.481. The largest absolute Gasteiger partial charge is 0.495 e. The second kappa shape index (κ2) is 8.26. The lowest BCUT2D eigenvalue weighted by Gasteiger charge is -2.24. The van der Waals surface area contributed by atoms with E-state index in [2.05, 4.69) is 9.97 Å². The average molecular weight is 445 g/mol. The number of aromatic nitrogens is 3. The number of hydrogen-bond donors (Lipinski definition) is 0. The van der Waals surface area contributed by atoms with Gasteiger partial charge in [-0.05, 0) is 26.8 Å². The number of amides is 1. The first-order valence-corrected chi connectivity index (χ1v) is 10.4. The van der Waals surface area contributed by atoms with Gasteiger partial charge < -0.3 is 19.1 Å². The molecule has 0 N–H and O–H groups in total. The fourth-order valence-electron chi connectivity index (χ4n) is 3.44. The number of carbonyl (C=O) groups excluding carboxylic acids is 1. The van der Waals surface area contributed by atoms with Crippen LogP contribution >= 0.6 is 11.6 Å². The summed E-state index contributed by atoms with van der Waals surface area (Å²) in [5.41, 5.74) is 1.67. The topological polar surface area (TPSA) is 78.2 Å². The summed E-state index contributed by atoms with van der Waals surface area (Å²) in [7, 11) is 1.57. The summed E-state index contributed by atoms with van der Waals surface area (Å²) in [6.45, 7) is 6.62. The molecule has 3 aromatic heterocycles. The number of halogens is 1. The molecule has 164 valence electrons. The van der Waals surface area contributed by atoms with E-state index >= 15 is 0 Å². The minimum absolute atomic E-state index is 0.142. The number of likely N-dealkylation sites (tertiary alicyclic amines) is 1. The molecule has 3 aromatic rings. The Morgan fingerprint density at radius 2 is 2.10 bits per heavy atom. The molecule has 0 radical (unpaired) electrons. The molecule has 1 unspecified atom stereocenters. The number of nitrogens with zero attached hydrogens (tertiary/aromatic N) is 4. The summed E-state index contributed by atoms with van der Waals surface area (Å²) >= 11 is 6.28. The van der Waals surface area contributed by atoms with Gasteiger partial charge in [0.2, 0.25) is 5.88 Å². The molecule has 4 rings (SSSR count). The van der Waals surface area contributed by atoms with Crippen LogP contribution < -0.4 is 9.47 Å². The van der Waals surface area contributed by atoms with E-state index in [4.69, 9.17) is 25.8 Å². The summed E-state index contributed by atoms with van der Waals surface area (Å²) in [4.78, 5) is 23.0. The Balaban J connectivity index is 1.49. The van der Waals surface area contributed by atoms with Crippen molar-refractivity contribution in [2.24, 2.45) is 0 Å². The maximum Gasteiger partial charge on any atom is 0.410 e. The second-order valence-corrected chi connectivity index (χ2v) is 8.78. The van der Waals surface area contributed by atoms with Gasteiger partial charge in [0.05, 0.1) is 36.3 Å². The molecule has 1 fully saturated rings. The van der Waals surface area contributed by atoms with Crippen LogP contribution in [0.4, 0.5) is 4.79 Å². The number of pyridine rings is 2. The predicted molar refractivity (Wildman–Crippen MR) is 117 cm³/mol. The van der Waals surface area contributed by atoms with Crippen molar-refractivity contribution in [3.63, 3.8) is 0 Å². The van der Waals surface area contributed by atoms with E-state index in [1.807, 2.05) is 37.3 Å². The van der Waals surface area contributed by atoms with Gasteiger partial charge >= 0.3 is 6.09 Å². The first-order valence-electron chi connectivity index (χ1n) is 10.1. The Morgan fingerprint density at radius 1 is 1.29 bits per heavy atom. The van der Waals surface area contributed by atoms with Crippen molar-refractivity contribution in [3.05, 3.63) is 41.7 Å². The van der Waals surface area contributed by atoms with Crippen molar-refractivity contribution in [1.29, 1.82) is 0 Å². The van der Waals surface area contributed by atoms with E-state index < -0.39 is 5.60 Å². The summed E-state index contributed by atoms with van der Waals surface area (Å²) in [6, 6.07) is 7.34. The van der Waals surface area contributed by atoms with E-state index in [0.29, 0.717) is 41.1 Å². The van der Waals surface area contributed by atoms with Gasteiger partial charge in [-0.2, -0.15) is 0 Å². The lowest BCUT2D eigenvalue weighted by atomic mass is 10.2. The zero-order chi connectivity index (χ0) is 22.2. The van der Waals surface area contributed by atoms with E-state index in [1.165, 1.54) is 0 Å². The second-order valence-electron chi connectivity index (χ2n) is 8.38. The SMILES string of the molecule is COc1cc2ncc(-c3cccc(OC4CCN(C(=O)OC(C)(C)C)C4)n3)n2cc1Cl. The standard InChI is InChI=1S/C22H25ClN4O4/c1-22(2,3)31-21(28)26-9-8-14(12-26)30-20-7-5-6-16(25-20)17-11-24-19-10-18(29-4)15(23)13-27(17)19/h5-7,10-11,13-14H,8-9,12H2,1-4H3. The van der Waals surface area contributed by atoms with Crippen molar-refractivity contribution in [1.82, 2.24) is 19.3 Å². The average Bonchev–Trinajstić information content (AvgIpc) is 3.33. The third-order valence-corrected chi connectivity index (χ3v) is 5.14. The van der Waals surface area contributed by atoms with Crippen molar-refractivity contribution < 1.29 is 19.0 Å². The molecule has 1 amide bonds. The Morgan fingerprint density at radius 3 is 2.84 bits per heavy atom. The third kappa shape index (κ3) is 4.69. The van der Waals surface area contributed by atoms with Crippen LogP contribution in [0.1, 0.15) is 27.2 Å². The van der Waals surface area contributed by atoms with Crippen LogP contribution in [0.15, 0.2) is 36.7 Å². The van der Waals surface area contributed by atoms with Gasteiger partial charge in [0.1, 0.15) is 23.1 Å². The first-order chi connectivity index (χ1) is 14.7. The predicted octanol–water partition coefficient (Wildman–Crippen LogP) is 4.45. The zero-order valence-electron chi connectivity index (χ0n) is 18.0. The molecule has 0 aromatic carbocycles. The van der Waals surface area contributed by atoms with Crippen LogP contribution in [-0.4, -0.2) is 57.3 Å². The number of carbonyl (C=O) groups is 1. The Labute approximate surface area is 185 Å². The smallest absolute Gasteiger partial charge is 0.410 e. The molecule has 4 heterocycles. The van der Waals surface area contributed by atoms with Crippen LogP contribution in [0.2, 0.25) is 5.02 Å². The minimum atomic E-state index is -0.521. The summed E-state index contributed by atoms with van der Waals surface area (Å²) in [5.74, 6) is 1.05. The van der Waals surface area contributed by atoms with E-state index in [-0.39, 0.29) is 12.2 Å². The van der Waals surface area contributed by atoms with Crippen LogP contribution in [-0.2, 0) is 4.74 Å². The van der Waals surface area contributed by atoms with Gasteiger partial charge in [-0.15, -0.1) is 0 Å². The number of rotatable bonds is 4. The Bertz CT molecular complexity index is 1110. The molecular formula is C22H25ClN4O4. The number of ether oxygens (including phenoxy) is 3. The van der Waals surface area contributed by atoms with Crippen molar-refractivity contribution in [2.75, 3.05) is 20.2 Å². The molecule has 1 aliphatic heterocycles. The minimum Gasteiger partial charge on any atom is -0.495 e. The molecule has 1 saturated heterocycles. The zero-order valence-corrected chi connectivity index (χ0v) is 18.7. The first kappa shape index (κ1) is 21.2. The van der Waals surface area contributed by atoms with Gasteiger partial charge in [-0.1, -0.05) is 17.7 Å². The maximum atomic E-state index is 12.3. The lowest BCUT2D eigenvalue weighted by molar-refractivity contribution is 0.0275. The molecule has 1 atom stereocenters. The molecule has 0 spiro atoms. The third-order valence-electron chi connectivity index (χ3n) is 4.85. The fourth-order valence-corrected chi connectivity index (χ4v) is 3.67. The fraction of sp³-hybridized carbons (Fsp3) is 0.409. The van der Waals surface area contributed by atoms with Gasteiger partial charge in [0.25, 0.3) is 0 Å².